The van der Waals surface area contributed by atoms with E-state index in [0.29, 0.717) is 15.7 Å². The molecule has 0 aliphatic heterocycles. The van der Waals surface area contributed by atoms with Crippen molar-refractivity contribution in [3.8, 4) is 0 Å². The lowest BCUT2D eigenvalue weighted by Crippen LogP contribution is -2.09. The monoisotopic (exact) mass is 229 g/mol. The predicted molar refractivity (Wildman–Crippen MR) is 59.9 cm³/mol. The Labute approximate surface area is 92.5 Å². The van der Waals surface area contributed by atoms with Crippen LogP contribution < -0.4 is 5.32 Å². The second kappa shape index (κ2) is 5.03. The van der Waals surface area contributed by atoms with E-state index in [1.807, 2.05) is 0 Å². The third kappa shape index (κ3) is 3.05. The molecule has 4 heteroatoms. The summed E-state index contributed by atoms with van der Waals surface area (Å²) in [5.41, 5.74) is 0.631. The van der Waals surface area contributed by atoms with E-state index in [1.54, 1.807) is 18.2 Å². The van der Waals surface area contributed by atoms with Crippen molar-refractivity contribution in [2.45, 2.75) is 6.42 Å². The average Bonchev–Trinajstić information content (AvgIpc) is 2.12. The van der Waals surface area contributed by atoms with Gasteiger partial charge in [0.1, 0.15) is 0 Å². The van der Waals surface area contributed by atoms with Gasteiger partial charge in [-0.2, -0.15) is 0 Å². The first-order chi connectivity index (χ1) is 6.63. The summed E-state index contributed by atoms with van der Waals surface area (Å²) >= 11 is 11.5. The molecule has 0 aromatic heterocycles. The van der Waals surface area contributed by atoms with Crippen molar-refractivity contribution >= 4 is 34.8 Å². The van der Waals surface area contributed by atoms with Gasteiger partial charge >= 0.3 is 0 Å². The van der Waals surface area contributed by atoms with Crippen molar-refractivity contribution in [1.29, 1.82) is 0 Å². The molecule has 0 bridgehead atoms. The van der Waals surface area contributed by atoms with E-state index in [1.165, 1.54) is 6.08 Å². The molecule has 0 radical (unpaired) electrons. The van der Waals surface area contributed by atoms with Gasteiger partial charge in [-0.05, 0) is 18.2 Å². The SMILES string of the molecule is C=CCC(=O)Nc1ccc(Cl)c(Cl)c1. The highest BCUT2D eigenvalue weighted by Crippen LogP contribution is 2.24. The van der Waals surface area contributed by atoms with Crippen LogP contribution in [0, 0.1) is 0 Å². The molecule has 14 heavy (non-hydrogen) atoms. The van der Waals surface area contributed by atoms with Crippen LogP contribution in [0.2, 0.25) is 10.0 Å². The molecule has 0 saturated carbocycles. The molecule has 0 aliphatic rings. The lowest BCUT2D eigenvalue weighted by molar-refractivity contribution is -0.115. The van der Waals surface area contributed by atoms with Crippen LogP contribution in [-0.4, -0.2) is 5.91 Å². The highest BCUT2D eigenvalue weighted by Gasteiger charge is 2.02. The molecule has 0 aliphatic carbocycles. The Bertz CT molecular complexity index is 363. The lowest BCUT2D eigenvalue weighted by Gasteiger charge is -2.04. The molecular weight excluding hydrogens is 221 g/mol. The molecule has 0 saturated heterocycles. The van der Waals surface area contributed by atoms with Gasteiger partial charge in [0.05, 0.1) is 10.0 Å². The maximum Gasteiger partial charge on any atom is 0.228 e. The van der Waals surface area contributed by atoms with Gasteiger partial charge in [0, 0.05) is 12.1 Å². The van der Waals surface area contributed by atoms with E-state index >= 15 is 0 Å². The summed E-state index contributed by atoms with van der Waals surface area (Å²) in [5.74, 6) is -0.126. The average molecular weight is 230 g/mol. The fourth-order valence-corrected chi connectivity index (χ4v) is 1.22. The van der Waals surface area contributed by atoms with E-state index in [-0.39, 0.29) is 12.3 Å². The van der Waals surface area contributed by atoms with Crippen molar-refractivity contribution in [3.05, 3.63) is 40.9 Å². The molecular formula is C10H9Cl2NO. The molecule has 1 aromatic rings. The van der Waals surface area contributed by atoms with Crippen molar-refractivity contribution < 1.29 is 4.79 Å². The number of rotatable bonds is 3. The number of halogens is 2. The molecule has 74 valence electrons. The zero-order valence-electron chi connectivity index (χ0n) is 7.39. The van der Waals surface area contributed by atoms with Gasteiger partial charge in [-0.25, -0.2) is 0 Å². The summed E-state index contributed by atoms with van der Waals surface area (Å²) in [4.78, 5) is 11.2. The molecule has 0 atom stereocenters. The minimum absolute atomic E-state index is 0.126. The van der Waals surface area contributed by atoms with Crippen molar-refractivity contribution in [3.63, 3.8) is 0 Å². The maximum absolute atomic E-state index is 11.2. The second-order valence-electron chi connectivity index (χ2n) is 2.67. The van der Waals surface area contributed by atoms with Gasteiger partial charge in [-0.3, -0.25) is 4.79 Å². The fraction of sp³-hybridized carbons (Fsp3) is 0.100. The third-order valence-electron chi connectivity index (χ3n) is 1.53. The molecule has 0 spiro atoms. The fourth-order valence-electron chi connectivity index (χ4n) is 0.917. The summed E-state index contributed by atoms with van der Waals surface area (Å²) in [6.07, 6.45) is 1.81. The van der Waals surface area contributed by atoms with Gasteiger partial charge in [-0.1, -0.05) is 29.3 Å². The normalized spacial score (nSPS) is 9.57. The Kier molecular flexibility index (Phi) is 3.98. The number of anilines is 1. The molecule has 1 amide bonds. The van der Waals surface area contributed by atoms with E-state index in [9.17, 15) is 4.79 Å². The number of carbonyl (C=O) groups is 1. The number of hydrogen-bond acceptors (Lipinski definition) is 1. The van der Waals surface area contributed by atoms with E-state index in [0.717, 1.165) is 0 Å². The molecule has 0 unspecified atom stereocenters. The summed E-state index contributed by atoms with van der Waals surface area (Å²) in [6.45, 7) is 3.47. The van der Waals surface area contributed by atoms with Crippen LogP contribution in [0.4, 0.5) is 5.69 Å². The molecule has 1 N–H and O–H groups in total. The number of amides is 1. The summed E-state index contributed by atoms with van der Waals surface area (Å²) in [5, 5.41) is 3.54. The van der Waals surface area contributed by atoms with E-state index in [2.05, 4.69) is 11.9 Å². The number of benzene rings is 1. The molecule has 1 aromatic carbocycles. The van der Waals surface area contributed by atoms with Crippen LogP contribution in [-0.2, 0) is 4.79 Å². The molecule has 0 heterocycles. The summed E-state index contributed by atoms with van der Waals surface area (Å²) < 4.78 is 0. The topological polar surface area (TPSA) is 29.1 Å². The van der Waals surface area contributed by atoms with Crippen molar-refractivity contribution in [2.75, 3.05) is 5.32 Å². The van der Waals surface area contributed by atoms with Crippen LogP contribution in [0.1, 0.15) is 6.42 Å². The zero-order valence-corrected chi connectivity index (χ0v) is 8.90. The summed E-state index contributed by atoms with van der Waals surface area (Å²) in [6, 6.07) is 4.92. The Balaban J connectivity index is 2.72. The first-order valence-electron chi connectivity index (χ1n) is 3.99. The standard InChI is InChI=1S/C10H9Cl2NO/c1-2-3-10(14)13-7-4-5-8(11)9(12)6-7/h2,4-6H,1,3H2,(H,13,14). The molecule has 1 rings (SSSR count). The highest BCUT2D eigenvalue weighted by molar-refractivity contribution is 6.42. The van der Waals surface area contributed by atoms with Crippen molar-refractivity contribution in [1.82, 2.24) is 0 Å². The minimum Gasteiger partial charge on any atom is -0.326 e. The van der Waals surface area contributed by atoms with E-state index in [4.69, 9.17) is 23.2 Å². The van der Waals surface area contributed by atoms with Crippen LogP contribution in [0.3, 0.4) is 0 Å². The van der Waals surface area contributed by atoms with Crippen LogP contribution in [0.5, 0.6) is 0 Å². The Morgan fingerprint density at radius 2 is 2.14 bits per heavy atom. The Morgan fingerprint density at radius 3 is 2.71 bits per heavy atom. The maximum atomic E-state index is 11.2. The van der Waals surface area contributed by atoms with Gasteiger partial charge in [-0.15, -0.1) is 6.58 Å². The first kappa shape index (κ1) is 11.1. The van der Waals surface area contributed by atoms with Crippen LogP contribution in [0.25, 0.3) is 0 Å². The van der Waals surface area contributed by atoms with Gasteiger partial charge in [0.25, 0.3) is 0 Å². The van der Waals surface area contributed by atoms with Gasteiger partial charge < -0.3 is 5.32 Å². The highest BCUT2D eigenvalue weighted by atomic mass is 35.5. The molecule has 2 nitrogen and oxygen atoms in total. The third-order valence-corrected chi connectivity index (χ3v) is 2.27. The van der Waals surface area contributed by atoms with E-state index < -0.39 is 0 Å². The predicted octanol–water partition coefficient (Wildman–Crippen LogP) is 3.51. The largest absolute Gasteiger partial charge is 0.326 e. The number of hydrogen-bond donors (Lipinski definition) is 1. The Morgan fingerprint density at radius 1 is 1.43 bits per heavy atom. The smallest absolute Gasteiger partial charge is 0.228 e. The van der Waals surface area contributed by atoms with Gasteiger partial charge in [0.15, 0.2) is 0 Å². The quantitative estimate of drug-likeness (QED) is 0.791. The minimum atomic E-state index is -0.126. The van der Waals surface area contributed by atoms with Crippen LogP contribution >= 0.6 is 23.2 Å². The van der Waals surface area contributed by atoms with Crippen LogP contribution in [0.15, 0.2) is 30.9 Å². The first-order valence-corrected chi connectivity index (χ1v) is 4.75. The van der Waals surface area contributed by atoms with Crippen molar-refractivity contribution in [2.24, 2.45) is 0 Å². The number of nitrogens with one attached hydrogen (secondary N) is 1. The molecule has 0 fully saturated rings. The summed E-state index contributed by atoms with van der Waals surface area (Å²) in [7, 11) is 0. The second-order valence-corrected chi connectivity index (χ2v) is 3.48. The lowest BCUT2D eigenvalue weighted by atomic mass is 10.3. The zero-order chi connectivity index (χ0) is 10.6. The number of carbonyl (C=O) groups excluding carboxylic acids is 1. The Hall–Kier alpha value is -0.990. The van der Waals surface area contributed by atoms with Gasteiger partial charge in [0.2, 0.25) is 5.91 Å².